The van der Waals surface area contributed by atoms with Gasteiger partial charge in [0, 0.05) is 37.1 Å². The lowest BCUT2D eigenvalue weighted by Gasteiger charge is -2.19. The monoisotopic (exact) mass is 445 g/mol. The Morgan fingerprint density at radius 1 is 1.09 bits per heavy atom. The summed E-state index contributed by atoms with van der Waals surface area (Å²) in [4.78, 5) is 26.9. The van der Waals surface area contributed by atoms with Crippen LogP contribution in [-0.4, -0.2) is 41.0 Å². The van der Waals surface area contributed by atoms with Gasteiger partial charge in [-0.1, -0.05) is 30.3 Å². The number of likely N-dealkylation sites (N-methyl/N-ethyl adjacent to an activating group) is 1. The molecule has 3 aromatic rings. The summed E-state index contributed by atoms with van der Waals surface area (Å²) in [6.45, 7) is 8.79. The van der Waals surface area contributed by atoms with Gasteiger partial charge in [-0.2, -0.15) is 0 Å². The molecule has 2 aromatic carbocycles. The third-order valence-corrected chi connectivity index (χ3v) is 6.50. The van der Waals surface area contributed by atoms with Gasteiger partial charge in [-0.15, -0.1) is 0 Å². The molecule has 1 aliphatic heterocycles. The lowest BCUT2D eigenvalue weighted by molar-refractivity contribution is -0.132. The Balaban J connectivity index is 1.50. The highest BCUT2D eigenvalue weighted by Gasteiger charge is 2.30. The van der Waals surface area contributed by atoms with Gasteiger partial charge in [0.1, 0.15) is 5.75 Å². The van der Waals surface area contributed by atoms with Crippen LogP contribution in [0.25, 0.3) is 0 Å². The predicted octanol–water partition coefficient (Wildman–Crippen LogP) is 4.88. The molecule has 33 heavy (non-hydrogen) atoms. The van der Waals surface area contributed by atoms with Crippen LogP contribution in [0.4, 0.5) is 5.69 Å². The molecule has 0 radical (unpaired) electrons. The highest BCUT2D eigenvalue weighted by molar-refractivity contribution is 6.05. The van der Waals surface area contributed by atoms with E-state index in [1.807, 2.05) is 57.2 Å². The van der Waals surface area contributed by atoms with Crippen LogP contribution >= 0.6 is 0 Å². The molecule has 1 aliphatic rings. The summed E-state index contributed by atoms with van der Waals surface area (Å²) >= 11 is 0. The fourth-order valence-electron chi connectivity index (χ4n) is 4.59. The van der Waals surface area contributed by atoms with E-state index < -0.39 is 6.10 Å². The average molecular weight is 446 g/mol. The smallest absolute Gasteiger partial charge is 0.263 e. The Kier molecular flexibility index (Phi) is 6.27. The molecule has 1 saturated heterocycles. The molecule has 6 heteroatoms. The topological polar surface area (TPSA) is 63.6 Å². The van der Waals surface area contributed by atoms with Crippen LogP contribution in [0.1, 0.15) is 52.3 Å². The van der Waals surface area contributed by atoms with Crippen LogP contribution in [0.2, 0.25) is 0 Å². The maximum atomic E-state index is 13.1. The summed E-state index contributed by atoms with van der Waals surface area (Å²) in [5, 5.41) is 3.04. The van der Waals surface area contributed by atoms with E-state index in [0.29, 0.717) is 24.3 Å². The Bertz CT molecular complexity index is 1180. The van der Waals surface area contributed by atoms with Crippen LogP contribution in [0.3, 0.4) is 0 Å². The van der Waals surface area contributed by atoms with E-state index in [1.165, 1.54) is 5.56 Å². The van der Waals surface area contributed by atoms with Gasteiger partial charge < -0.3 is 19.5 Å². The van der Waals surface area contributed by atoms with E-state index in [4.69, 9.17) is 4.74 Å². The van der Waals surface area contributed by atoms with E-state index in [2.05, 4.69) is 28.9 Å². The van der Waals surface area contributed by atoms with Crippen molar-refractivity contribution in [1.82, 2.24) is 9.47 Å². The maximum absolute atomic E-state index is 13.1. The van der Waals surface area contributed by atoms with Crippen LogP contribution < -0.4 is 10.1 Å². The predicted molar refractivity (Wildman–Crippen MR) is 130 cm³/mol. The van der Waals surface area contributed by atoms with Crippen molar-refractivity contribution in [1.29, 1.82) is 0 Å². The molecule has 2 atom stereocenters. The Labute approximate surface area is 195 Å². The van der Waals surface area contributed by atoms with Gasteiger partial charge in [-0.25, -0.2) is 0 Å². The van der Waals surface area contributed by atoms with Crippen molar-refractivity contribution in [3.8, 4) is 5.75 Å². The van der Waals surface area contributed by atoms with Crippen LogP contribution in [0.15, 0.2) is 54.6 Å². The molecule has 172 valence electrons. The fourth-order valence-corrected chi connectivity index (χ4v) is 4.59. The van der Waals surface area contributed by atoms with Crippen molar-refractivity contribution in [2.75, 3.05) is 18.9 Å². The third kappa shape index (κ3) is 4.51. The number of hydrogen-bond acceptors (Lipinski definition) is 3. The summed E-state index contributed by atoms with van der Waals surface area (Å²) in [6.07, 6.45) is 0.246. The zero-order valence-electron chi connectivity index (χ0n) is 19.9. The van der Waals surface area contributed by atoms with Gasteiger partial charge in [0.2, 0.25) is 0 Å². The number of rotatable bonds is 6. The lowest BCUT2D eigenvalue weighted by atomic mass is 10.1. The molecule has 4 rings (SSSR count). The largest absolute Gasteiger partial charge is 0.481 e. The number of carbonyl (C=O) groups excluding carboxylic acids is 2. The first-order valence-electron chi connectivity index (χ1n) is 11.3. The molecule has 0 saturated carbocycles. The van der Waals surface area contributed by atoms with E-state index in [9.17, 15) is 9.59 Å². The van der Waals surface area contributed by atoms with Crippen LogP contribution in [0, 0.1) is 20.8 Å². The molecule has 0 bridgehead atoms. The van der Waals surface area contributed by atoms with Gasteiger partial charge >= 0.3 is 0 Å². The van der Waals surface area contributed by atoms with E-state index in [0.717, 1.165) is 22.6 Å². The zero-order chi connectivity index (χ0) is 23.7. The molecule has 1 fully saturated rings. The average Bonchev–Trinajstić information content (AvgIpc) is 3.28. The zero-order valence-corrected chi connectivity index (χ0v) is 19.9. The number of aryl methyl sites for hydroxylation is 2. The summed E-state index contributed by atoms with van der Waals surface area (Å²) in [5.74, 6) is 0.498. The summed E-state index contributed by atoms with van der Waals surface area (Å²) in [6, 6.07) is 17.8. The second-order valence-corrected chi connectivity index (χ2v) is 8.83. The molecule has 0 spiro atoms. The standard InChI is InChI=1S/C27H31N3O3/c1-17-15-22(33-25-13-14-29(5)27(25)32)11-12-24(17)28-26(31)23-16-18(2)30(20(23)4)19(3)21-9-7-6-8-10-21/h6-12,15-16,19,25H,13-14H2,1-5H3,(H,28,31)/t19-,25+/m1/s1. The number of nitrogens with one attached hydrogen (secondary N) is 1. The van der Waals surface area contributed by atoms with E-state index in [1.54, 1.807) is 18.0 Å². The van der Waals surface area contributed by atoms with Crippen molar-refractivity contribution in [3.63, 3.8) is 0 Å². The Hall–Kier alpha value is -3.54. The number of amides is 2. The first-order chi connectivity index (χ1) is 15.8. The molecule has 6 nitrogen and oxygen atoms in total. The molecule has 0 unspecified atom stereocenters. The minimum Gasteiger partial charge on any atom is -0.481 e. The number of aromatic nitrogens is 1. The highest BCUT2D eigenvalue weighted by Crippen LogP contribution is 2.28. The van der Waals surface area contributed by atoms with Crippen molar-refractivity contribution in [2.45, 2.75) is 46.3 Å². The van der Waals surface area contributed by atoms with Crippen molar-refractivity contribution in [2.24, 2.45) is 0 Å². The first-order valence-corrected chi connectivity index (χ1v) is 11.3. The molecular weight excluding hydrogens is 414 g/mol. The number of carbonyl (C=O) groups is 2. The Morgan fingerprint density at radius 2 is 1.82 bits per heavy atom. The molecule has 2 amide bonds. The summed E-state index contributed by atoms with van der Waals surface area (Å²) in [5.41, 5.74) is 5.44. The summed E-state index contributed by atoms with van der Waals surface area (Å²) < 4.78 is 8.08. The van der Waals surface area contributed by atoms with Gasteiger partial charge in [0.15, 0.2) is 6.10 Å². The van der Waals surface area contributed by atoms with Crippen LogP contribution in [-0.2, 0) is 4.79 Å². The molecule has 1 N–H and O–H groups in total. The quantitative estimate of drug-likeness (QED) is 0.588. The molecular formula is C27H31N3O3. The van der Waals surface area contributed by atoms with Crippen molar-refractivity contribution < 1.29 is 14.3 Å². The van der Waals surface area contributed by atoms with Gasteiger partial charge in [-0.05, 0) is 63.1 Å². The normalized spacial score (nSPS) is 16.7. The van der Waals surface area contributed by atoms with Gasteiger partial charge in [-0.3, -0.25) is 9.59 Å². The summed E-state index contributed by atoms with van der Waals surface area (Å²) in [7, 11) is 1.78. The molecule has 1 aromatic heterocycles. The minimum atomic E-state index is -0.438. The molecule has 2 heterocycles. The second kappa shape index (κ2) is 9.14. The number of ether oxygens (including phenoxy) is 1. The number of hydrogen-bond donors (Lipinski definition) is 1. The molecule has 0 aliphatic carbocycles. The van der Waals surface area contributed by atoms with E-state index >= 15 is 0 Å². The van der Waals surface area contributed by atoms with Gasteiger partial charge in [0.05, 0.1) is 11.6 Å². The second-order valence-electron chi connectivity index (χ2n) is 8.83. The lowest BCUT2D eigenvalue weighted by Crippen LogP contribution is -2.29. The van der Waals surface area contributed by atoms with Gasteiger partial charge in [0.25, 0.3) is 11.8 Å². The third-order valence-electron chi connectivity index (χ3n) is 6.50. The fraction of sp³-hybridized carbons (Fsp3) is 0.333. The van der Waals surface area contributed by atoms with E-state index in [-0.39, 0.29) is 17.9 Å². The maximum Gasteiger partial charge on any atom is 0.263 e. The SMILES string of the molecule is Cc1cc(O[C@H]2CCN(C)C2=O)ccc1NC(=O)c1cc(C)n([C@H](C)c2ccccc2)c1C. The van der Waals surface area contributed by atoms with Crippen molar-refractivity contribution in [3.05, 3.63) is 82.7 Å². The first kappa shape index (κ1) is 22.6. The minimum absolute atomic E-state index is 0.00474. The van der Waals surface area contributed by atoms with Crippen LogP contribution in [0.5, 0.6) is 5.75 Å². The van der Waals surface area contributed by atoms with Crippen molar-refractivity contribution >= 4 is 17.5 Å². The number of likely N-dealkylation sites (tertiary alicyclic amines) is 1. The number of benzene rings is 2. The Morgan fingerprint density at radius 3 is 2.45 bits per heavy atom. The highest BCUT2D eigenvalue weighted by atomic mass is 16.5. The number of anilines is 1. The number of nitrogens with zero attached hydrogens (tertiary/aromatic N) is 2.